The number of aromatic nitrogens is 2. The van der Waals surface area contributed by atoms with Crippen LogP contribution in [0.15, 0.2) is 11.2 Å². The maximum absolute atomic E-state index is 12.2. The smallest absolute Gasteiger partial charge is 0.257 e. The molecule has 19 heavy (non-hydrogen) atoms. The molecule has 0 aromatic carbocycles. The quantitative estimate of drug-likeness (QED) is 0.812. The van der Waals surface area contributed by atoms with Crippen molar-refractivity contribution < 1.29 is 8.42 Å². The van der Waals surface area contributed by atoms with Crippen LogP contribution >= 0.6 is 0 Å². The molecule has 0 unspecified atom stereocenters. The topological polar surface area (TPSA) is 76.0 Å². The third-order valence-corrected chi connectivity index (χ3v) is 5.37. The Hall–Kier alpha value is -0.920. The van der Waals surface area contributed by atoms with E-state index in [9.17, 15) is 8.42 Å². The van der Waals surface area contributed by atoms with Gasteiger partial charge in [0.25, 0.3) is 10.0 Å². The molecule has 106 valence electrons. The number of rotatable bonds is 5. The third kappa shape index (κ3) is 2.68. The van der Waals surface area contributed by atoms with E-state index in [0.29, 0.717) is 17.6 Å². The molecule has 0 radical (unpaired) electrons. The van der Waals surface area contributed by atoms with Gasteiger partial charge in [-0.25, -0.2) is 18.1 Å². The summed E-state index contributed by atoms with van der Waals surface area (Å²) in [5, 5.41) is 3.69. The average molecular weight is 284 g/mol. The van der Waals surface area contributed by atoms with Crippen molar-refractivity contribution in [1.29, 1.82) is 0 Å². The van der Waals surface area contributed by atoms with Crippen LogP contribution in [0.5, 0.6) is 0 Å². The lowest BCUT2D eigenvalue weighted by molar-refractivity contribution is 0.533. The van der Waals surface area contributed by atoms with Gasteiger partial charge in [0.15, 0.2) is 5.03 Å². The summed E-state index contributed by atoms with van der Waals surface area (Å²) >= 11 is 0. The van der Waals surface area contributed by atoms with Crippen molar-refractivity contribution in [3.05, 3.63) is 12.0 Å². The highest BCUT2D eigenvalue weighted by Crippen LogP contribution is 2.19. The first kappa shape index (κ1) is 13.1. The lowest BCUT2D eigenvalue weighted by atomic mass is 10.2. The number of hydrogen-bond acceptors (Lipinski definition) is 4. The van der Waals surface area contributed by atoms with Crippen LogP contribution in [0.25, 0.3) is 0 Å². The summed E-state index contributed by atoms with van der Waals surface area (Å²) in [4.78, 5) is 4.18. The van der Waals surface area contributed by atoms with E-state index >= 15 is 0 Å². The van der Waals surface area contributed by atoms with Crippen molar-refractivity contribution in [3.8, 4) is 0 Å². The van der Waals surface area contributed by atoms with Gasteiger partial charge in [0, 0.05) is 25.6 Å². The summed E-state index contributed by atoms with van der Waals surface area (Å²) in [6.07, 6.45) is 6.52. The molecule has 1 fully saturated rings. The Morgan fingerprint density at radius 3 is 3.16 bits per heavy atom. The van der Waals surface area contributed by atoms with E-state index < -0.39 is 10.0 Å². The number of sulfonamides is 1. The zero-order valence-electron chi connectivity index (χ0n) is 10.9. The Morgan fingerprint density at radius 1 is 1.47 bits per heavy atom. The Balaban J connectivity index is 1.62. The van der Waals surface area contributed by atoms with E-state index in [1.165, 1.54) is 12.6 Å². The molecule has 0 amide bonds. The Kier molecular flexibility index (Phi) is 3.60. The predicted molar refractivity (Wildman–Crippen MR) is 71.4 cm³/mol. The molecule has 7 heteroatoms. The minimum absolute atomic E-state index is 0.319. The number of nitrogens with one attached hydrogen (secondary N) is 2. The van der Waals surface area contributed by atoms with Gasteiger partial charge < -0.3 is 9.88 Å². The maximum atomic E-state index is 12.2. The van der Waals surface area contributed by atoms with Gasteiger partial charge in [-0.05, 0) is 32.2 Å². The van der Waals surface area contributed by atoms with E-state index in [1.807, 2.05) is 4.57 Å². The summed E-state index contributed by atoms with van der Waals surface area (Å²) < 4.78 is 29.0. The summed E-state index contributed by atoms with van der Waals surface area (Å²) in [5.41, 5.74) is 0. The van der Waals surface area contributed by atoms with E-state index in [0.717, 1.165) is 44.6 Å². The molecule has 1 aromatic heterocycles. The zero-order chi connectivity index (χ0) is 13.3. The molecule has 2 aliphatic heterocycles. The highest BCUT2D eigenvalue weighted by Gasteiger charge is 2.25. The molecule has 0 saturated carbocycles. The van der Waals surface area contributed by atoms with E-state index in [1.54, 1.807) is 0 Å². The third-order valence-electron chi connectivity index (χ3n) is 3.91. The van der Waals surface area contributed by atoms with Gasteiger partial charge in [-0.3, -0.25) is 0 Å². The minimum Gasteiger partial charge on any atom is -0.318 e. The van der Waals surface area contributed by atoms with Gasteiger partial charge in [0.05, 0.1) is 6.20 Å². The fraction of sp³-hybridized carbons (Fsp3) is 0.750. The van der Waals surface area contributed by atoms with Crippen molar-refractivity contribution in [2.24, 2.45) is 0 Å². The van der Waals surface area contributed by atoms with Crippen LogP contribution in [0.3, 0.4) is 0 Å². The van der Waals surface area contributed by atoms with Gasteiger partial charge in [-0.2, -0.15) is 0 Å². The molecule has 0 bridgehead atoms. The number of fused-ring (bicyclic) bond motifs is 1. The predicted octanol–water partition coefficient (Wildman–Crippen LogP) is 0.250. The second-order valence-electron chi connectivity index (χ2n) is 5.25. The van der Waals surface area contributed by atoms with Gasteiger partial charge in [-0.1, -0.05) is 0 Å². The van der Waals surface area contributed by atoms with Crippen molar-refractivity contribution >= 4 is 10.0 Å². The zero-order valence-corrected chi connectivity index (χ0v) is 11.7. The standard InChI is InChI=1S/C12H20N4O2S/c17-19(18,15-7-5-10-3-1-6-13-10)12-9-14-11-4-2-8-16(11)12/h9-10,13,15H,1-8H2/t10-/m1/s1. The molecular formula is C12H20N4O2S. The normalized spacial score (nSPS) is 22.8. The summed E-state index contributed by atoms with van der Waals surface area (Å²) in [6.45, 7) is 2.30. The summed E-state index contributed by atoms with van der Waals surface area (Å²) in [7, 11) is -3.41. The first-order valence-electron chi connectivity index (χ1n) is 6.94. The van der Waals surface area contributed by atoms with Crippen molar-refractivity contribution in [2.75, 3.05) is 13.1 Å². The van der Waals surface area contributed by atoms with Gasteiger partial charge in [0.2, 0.25) is 0 Å². The van der Waals surface area contributed by atoms with Crippen LogP contribution in [0.1, 0.15) is 31.5 Å². The SMILES string of the molecule is O=S(=O)(NCC[C@H]1CCCN1)c1cnc2n1CCC2. The lowest BCUT2D eigenvalue weighted by Crippen LogP contribution is -2.31. The first-order chi connectivity index (χ1) is 9.17. The summed E-state index contributed by atoms with van der Waals surface area (Å²) in [5.74, 6) is 0.887. The molecule has 0 spiro atoms. The van der Waals surface area contributed by atoms with Crippen LogP contribution in [-0.2, 0) is 23.0 Å². The molecule has 6 nitrogen and oxygen atoms in total. The number of imidazole rings is 1. The molecule has 3 heterocycles. The molecule has 2 aliphatic rings. The molecule has 1 aromatic rings. The minimum atomic E-state index is -3.41. The van der Waals surface area contributed by atoms with Crippen LogP contribution < -0.4 is 10.0 Å². The van der Waals surface area contributed by atoms with E-state index in [4.69, 9.17) is 0 Å². The molecule has 0 aliphatic carbocycles. The monoisotopic (exact) mass is 284 g/mol. The van der Waals surface area contributed by atoms with Crippen LogP contribution in [0.4, 0.5) is 0 Å². The fourth-order valence-corrected chi connectivity index (χ4v) is 4.10. The molecule has 3 rings (SSSR count). The largest absolute Gasteiger partial charge is 0.318 e. The number of nitrogens with zero attached hydrogens (tertiary/aromatic N) is 2. The molecular weight excluding hydrogens is 264 g/mol. The second kappa shape index (κ2) is 5.22. The highest BCUT2D eigenvalue weighted by molar-refractivity contribution is 7.89. The van der Waals surface area contributed by atoms with Crippen LogP contribution in [0.2, 0.25) is 0 Å². The average Bonchev–Trinajstić information content (AvgIpc) is 3.05. The van der Waals surface area contributed by atoms with E-state index in [2.05, 4.69) is 15.0 Å². The van der Waals surface area contributed by atoms with Crippen LogP contribution in [0, 0.1) is 0 Å². The summed E-state index contributed by atoms with van der Waals surface area (Å²) in [6, 6.07) is 0.457. The van der Waals surface area contributed by atoms with Gasteiger partial charge in [0.1, 0.15) is 5.82 Å². The Bertz CT molecular complexity index is 546. The van der Waals surface area contributed by atoms with Crippen molar-refractivity contribution in [1.82, 2.24) is 19.6 Å². The lowest BCUT2D eigenvalue weighted by Gasteiger charge is -2.11. The van der Waals surface area contributed by atoms with Gasteiger partial charge in [-0.15, -0.1) is 0 Å². The fourth-order valence-electron chi connectivity index (χ4n) is 2.89. The Morgan fingerprint density at radius 2 is 2.37 bits per heavy atom. The molecule has 1 saturated heterocycles. The molecule has 2 N–H and O–H groups in total. The van der Waals surface area contributed by atoms with Crippen molar-refractivity contribution in [3.63, 3.8) is 0 Å². The Labute approximate surface area is 113 Å². The van der Waals surface area contributed by atoms with Gasteiger partial charge >= 0.3 is 0 Å². The first-order valence-corrected chi connectivity index (χ1v) is 8.42. The number of hydrogen-bond donors (Lipinski definition) is 2. The van der Waals surface area contributed by atoms with Crippen molar-refractivity contribution in [2.45, 2.75) is 49.7 Å². The maximum Gasteiger partial charge on any atom is 0.257 e. The number of aryl methyl sites for hydroxylation is 1. The molecule has 1 atom stereocenters. The highest BCUT2D eigenvalue weighted by atomic mass is 32.2. The van der Waals surface area contributed by atoms with E-state index in [-0.39, 0.29) is 0 Å². The van der Waals surface area contributed by atoms with Crippen LogP contribution in [-0.4, -0.2) is 37.1 Å². The second-order valence-corrected chi connectivity index (χ2v) is 6.96.